The molecular weight excluding hydrogens is 276 g/mol. The number of hydrogen-bond donors (Lipinski definition) is 0. The van der Waals surface area contributed by atoms with Crippen molar-refractivity contribution in [3.8, 4) is 0 Å². The summed E-state index contributed by atoms with van der Waals surface area (Å²) in [6, 6.07) is 0. The van der Waals surface area contributed by atoms with E-state index in [2.05, 4.69) is 62.3 Å². The van der Waals surface area contributed by atoms with Crippen molar-refractivity contribution in [3.63, 3.8) is 0 Å². The molecule has 0 saturated heterocycles. The predicted molar refractivity (Wildman–Crippen MR) is 94.1 cm³/mol. The minimum absolute atomic E-state index is 0.0745. The largest absolute Gasteiger partial charge is 0.492 e. The van der Waals surface area contributed by atoms with Crippen LogP contribution in [0.3, 0.4) is 0 Å². The third-order valence-electron chi connectivity index (χ3n) is 4.01. The zero-order chi connectivity index (χ0) is 17.5. The van der Waals surface area contributed by atoms with E-state index in [0.29, 0.717) is 0 Å². The molecule has 22 heavy (non-hydrogen) atoms. The van der Waals surface area contributed by atoms with Crippen molar-refractivity contribution in [3.05, 3.63) is 11.3 Å². The average Bonchev–Trinajstić information content (AvgIpc) is 2.35. The number of rotatable bonds is 10. The highest BCUT2D eigenvalue weighted by Crippen LogP contribution is 2.28. The van der Waals surface area contributed by atoms with Gasteiger partial charge < -0.3 is 14.2 Å². The van der Waals surface area contributed by atoms with Crippen LogP contribution in [-0.4, -0.2) is 30.0 Å². The van der Waals surface area contributed by atoms with E-state index >= 15 is 0 Å². The molecular formula is C19H38O3. The molecule has 0 aliphatic heterocycles. The smallest absolute Gasteiger partial charge is 0.108 e. The fourth-order valence-electron chi connectivity index (χ4n) is 2.63. The summed E-state index contributed by atoms with van der Waals surface area (Å²) in [6.07, 6.45) is 2.55. The molecule has 0 aromatic heterocycles. The second kappa shape index (κ2) is 9.57. The Morgan fingerprint density at radius 3 is 1.82 bits per heavy atom. The van der Waals surface area contributed by atoms with Crippen molar-refractivity contribution in [2.24, 2.45) is 0 Å². The first-order valence-corrected chi connectivity index (χ1v) is 8.68. The van der Waals surface area contributed by atoms with Crippen molar-refractivity contribution in [1.29, 1.82) is 0 Å². The topological polar surface area (TPSA) is 27.7 Å². The maximum atomic E-state index is 6.32. The number of ether oxygens (including phenoxy) is 3. The summed E-state index contributed by atoms with van der Waals surface area (Å²) >= 11 is 0. The van der Waals surface area contributed by atoms with Gasteiger partial charge in [0.2, 0.25) is 0 Å². The van der Waals surface area contributed by atoms with Gasteiger partial charge in [0.25, 0.3) is 0 Å². The molecule has 0 aliphatic carbocycles. The fourth-order valence-corrected chi connectivity index (χ4v) is 2.63. The Hall–Kier alpha value is -0.540. The predicted octanol–water partition coefficient (Wildman–Crippen LogP) is 5.48. The van der Waals surface area contributed by atoms with E-state index in [9.17, 15) is 0 Å². The van der Waals surface area contributed by atoms with Crippen LogP contribution >= 0.6 is 0 Å². The molecule has 132 valence electrons. The Labute approximate surface area is 138 Å². The molecule has 0 bridgehead atoms. The molecule has 0 spiro atoms. The number of allylic oxidation sites excluding steroid dienone is 1. The van der Waals surface area contributed by atoms with Crippen LogP contribution in [0.2, 0.25) is 0 Å². The summed E-state index contributed by atoms with van der Waals surface area (Å²) in [5.41, 5.74) is 0.947. The Balaban J connectivity index is 4.88. The summed E-state index contributed by atoms with van der Waals surface area (Å²) in [5.74, 6) is 0.967. The van der Waals surface area contributed by atoms with E-state index in [4.69, 9.17) is 14.2 Å². The van der Waals surface area contributed by atoms with Crippen molar-refractivity contribution in [2.75, 3.05) is 0 Å². The van der Waals surface area contributed by atoms with Gasteiger partial charge in [0.15, 0.2) is 0 Å². The maximum Gasteiger partial charge on any atom is 0.108 e. The molecule has 0 aliphatic rings. The molecule has 0 N–H and O–H groups in total. The second-order valence-corrected chi connectivity index (χ2v) is 7.17. The van der Waals surface area contributed by atoms with E-state index in [1.54, 1.807) is 0 Å². The van der Waals surface area contributed by atoms with Gasteiger partial charge in [0.1, 0.15) is 5.60 Å². The third-order valence-corrected chi connectivity index (χ3v) is 4.01. The number of hydrogen-bond acceptors (Lipinski definition) is 3. The highest BCUT2D eigenvalue weighted by molar-refractivity contribution is 5.09. The van der Waals surface area contributed by atoms with Gasteiger partial charge in [-0.2, -0.15) is 0 Å². The van der Waals surface area contributed by atoms with Crippen LogP contribution in [0.1, 0.15) is 82.1 Å². The van der Waals surface area contributed by atoms with Gasteiger partial charge in [-0.3, -0.25) is 0 Å². The van der Waals surface area contributed by atoms with E-state index in [1.807, 2.05) is 6.92 Å². The Morgan fingerprint density at radius 1 is 0.909 bits per heavy atom. The van der Waals surface area contributed by atoms with Gasteiger partial charge in [-0.15, -0.1) is 0 Å². The summed E-state index contributed by atoms with van der Waals surface area (Å²) in [7, 11) is 0. The Kier molecular flexibility index (Phi) is 9.33. The zero-order valence-corrected chi connectivity index (χ0v) is 16.4. The third kappa shape index (κ3) is 8.19. The van der Waals surface area contributed by atoms with Gasteiger partial charge in [-0.1, -0.05) is 6.92 Å². The van der Waals surface area contributed by atoms with Crippen LogP contribution < -0.4 is 0 Å². The molecule has 0 rings (SSSR count). The zero-order valence-electron chi connectivity index (χ0n) is 16.4. The summed E-state index contributed by atoms with van der Waals surface area (Å²) in [5, 5.41) is 0. The van der Waals surface area contributed by atoms with E-state index in [1.165, 1.54) is 0 Å². The molecule has 0 aromatic carbocycles. The summed E-state index contributed by atoms with van der Waals surface area (Å²) in [6.45, 7) is 20.9. The van der Waals surface area contributed by atoms with Gasteiger partial charge in [-0.05, 0) is 74.3 Å². The van der Waals surface area contributed by atoms with Crippen LogP contribution in [0.4, 0.5) is 0 Å². The standard InChI is InChI=1S/C19H38O3/c1-11-19(10,12-15(6)20-13(2)3)22-18(9)16(7)17(8)21-14(4)5/h13-15,17H,11-12H2,1-10H3/b18-16+. The molecule has 3 unspecified atom stereocenters. The lowest BCUT2D eigenvalue weighted by atomic mass is 9.95. The van der Waals surface area contributed by atoms with Crippen molar-refractivity contribution >= 4 is 0 Å². The van der Waals surface area contributed by atoms with Crippen LogP contribution in [0.25, 0.3) is 0 Å². The van der Waals surface area contributed by atoms with Gasteiger partial charge in [0.05, 0.1) is 30.2 Å². The lowest BCUT2D eigenvalue weighted by Gasteiger charge is -2.34. The fraction of sp³-hybridized carbons (Fsp3) is 0.895. The van der Waals surface area contributed by atoms with Crippen molar-refractivity contribution in [2.45, 2.75) is 112 Å². The van der Waals surface area contributed by atoms with Crippen molar-refractivity contribution < 1.29 is 14.2 Å². The molecule has 0 amide bonds. The molecule has 0 fully saturated rings. The summed E-state index contributed by atoms with van der Waals surface area (Å²) in [4.78, 5) is 0. The minimum atomic E-state index is -0.211. The van der Waals surface area contributed by atoms with E-state index in [-0.39, 0.29) is 30.0 Å². The lowest BCUT2D eigenvalue weighted by Crippen LogP contribution is -2.34. The normalized spacial score (nSPS) is 18.9. The molecule has 0 saturated carbocycles. The molecule has 0 heterocycles. The minimum Gasteiger partial charge on any atom is -0.492 e. The highest BCUT2D eigenvalue weighted by atomic mass is 16.5. The van der Waals surface area contributed by atoms with Crippen molar-refractivity contribution in [1.82, 2.24) is 0 Å². The first-order valence-electron chi connectivity index (χ1n) is 8.68. The Morgan fingerprint density at radius 2 is 1.41 bits per heavy atom. The highest BCUT2D eigenvalue weighted by Gasteiger charge is 2.28. The van der Waals surface area contributed by atoms with E-state index in [0.717, 1.165) is 24.2 Å². The van der Waals surface area contributed by atoms with Gasteiger partial charge in [0, 0.05) is 6.42 Å². The van der Waals surface area contributed by atoms with Crippen LogP contribution in [-0.2, 0) is 14.2 Å². The van der Waals surface area contributed by atoms with E-state index < -0.39 is 0 Å². The van der Waals surface area contributed by atoms with Crippen LogP contribution in [0.5, 0.6) is 0 Å². The molecule has 3 nitrogen and oxygen atoms in total. The van der Waals surface area contributed by atoms with Crippen LogP contribution in [0, 0.1) is 0 Å². The molecule has 0 radical (unpaired) electrons. The van der Waals surface area contributed by atoms with Gasteiger partial charge in [-0.25, -0.2) is 0 Å². The summed E-state index contributed by atoms with van der Waals surface area (Å²) < 4.78 is 18.0. The lowest BCUT2D eigenvalue weighted by molar-refractivity contribution is -0.0611. The molecule has 3 atom stereocenters. The Bertz CT molecular complexity index is 347. The molecule has 3 heteroatoms. The second-order valence-electron chi connectivity index (χ2n) is 7.17. The maximum absolute atomic E-state index is 6.32. The first-order chi connectivity index (χ1) is 10.0. The SMILES string of the molecule is CCC(C)(CC(C)OC(C)C)O/C(C)=C(\C)C(C)OC(C)C. The first kappa shape index (κ1) is 21.5. The average molecular weight is 315 g/mol. The molecule has 0 aromatic rings. The van der Waals surface area contributed by atoms with Crippen LogP contribution in [0.15, 0.2) is 11.3 Å². The quantitative estimate of drug-likeness (QED) is 0.499. The van der Waals surface area contributed by atoms with Gasteiger partial charge >= 0.3 is 0 Å². The monoisotopic (exact) mass is 314 g/mol.